The van der Waals surface area contributed by atoms with Crippen molar-refractivity contribution in [3.05, 3.63) is 88.7 Å². The summed E-state index contributed by atoms with van der Waals surface area (Å²) in [6.45, 7) is 0.620. The van der Waals surface area contributed by atoms with Crippen LogP contribution < -0.4 is 15.8 Å². The minimum absolute atomic E-state index is 0.136. The van der Waals surface area contributed by atoms with E-state index in [2.05, 4.69) is 21.8 Å². The summed E-state index contributed by atoms with van der Waals surface area (Å²) in [4.78, 5) is 17.8. The second-order valence-electron chi connectivity index (χ2n) is 6.34. The number of amides is 1. The first-order chi connectivity index (χ1) is 13.7. The molecule has 0 aliphatic carbocycles. The van der Waals surface area contributed by atoms with Gasteiger partial charge in [-0.3, -0.25) is 20.2 Å². The van der Waals surface area contributed by atoms with Crippen molar-refractivity contribution in [2.24, 2.45) is 0 Å². The summed E-state index contributed by atoms with van der Waals surface area (Å²) < 4.78 is 0. The van der Waals surface area contributed by atoms with Gasteiger partial charge in [-0.25, -0.2) is 0 Å². The first-order valence-corrected chi connectivity index (χ1v) is 9.84. The molecule has 1 amide bonds. The average molecular weight is 388 g/mol. The zero-order chi connectivity index (χ0) is 19.3. The number of carbonyl (C=O) groups excluding carboxylic acids is 1. The van der Waals surface area contributed by atoms with Crippen LogP contribution in [0.15, 0.2) is 78.3 Å². The van der Waals surface area contributed by atoms with Crippen LogP contribution in [0.2, 0.25) is 0 Å². The molecule has 0 fully saturated rings. The molecule has 140 valence electrons. The number of para-hydroxylation sites is 2. The van der Waals surface area contributed by atoms with Crippen molar-refractivity contribution in [1.82, 2.24) is 10.4 Å². The minimum atomic E-state index is -0.136. The van der Waals surface area contributed by atoms with Crippen LogP contribution in [0.3, 0.4) is 0 Å². The van der Waals surface area contributed by atoms with E-state index in [1.165, 1.54) is 11.3 Å². The molecule has 2 heterocycles. The molecule has 2 aromatic heterocycles. The molecule has 0 saturated heterocycles. The van der Waals surface area contributed by atoms with Gasteiger partial charge in [0, 0.05) is 25.2 Å². The van der Waals surface area contributed by atoms with Crippen molar-refractivity contribution in [3.8, 4) is 0 Å². The summed E-state index contributed by atoms with van der Waals surface area (Å²) in [5.41, 5.74) is 6.78. The van der Waals surface area contributed by atoms with E-state index >= 15 is 0 Å². The Morgan fingerprint density at radius 2 is 1.82 bits per heavy atom. The number of aromatic nitrogens is 1. The van der Waals surface area contributed by atoms with E-state index < -0.39 is 0 Å². The highest BCUT2D eigenvalue weighted by molar-refractivity contribution is 7.12. The third-order valence-electron chi connectivity index (χ3n) is 4.49. The number of hydrogen-bond donors (Lipinski definition) is 2. The zero-order valence-corrected chi connectivity index (χ0v) is 16.2. The van der Waals surface area contributed by atoms with Crippen LogP contribution in [0.25, 0.3) is 10.9 Å². The lowest BCUT2D eigenvalue weighted by Crippen LogP contribution is -2.39. The van der Waals surface area contributed by atoms with Crippen molar-refractivity contribution in [2.75, 3.05) is 17.4 Å². The Morgan fingerprint density at radius 1 is 1.04 bits per heavy atom. The topological polar surface area (TPSA) is 57.3 Å². The Labute approximate surface area is 167 Å². The highest BCUT2D eigenvalue weighted by Gasteiger charge is 2.15. The van der Waals surface area contributed by atoms with E-state index in [-0.39, 0.29) is 5.91 Å². The highest BCUT2D eigenvalue weighted by atomic mass is 32.1. The summed E-state index contributed by atoms with van der Waals surface area (Å²) in [5.74, 6) is -0.136. The van der Waals surface area contributed by atoms with Crippen molar-refractivity contribution >= 4 is 39.5 Å². The molecule has 0 bridgehead atoms. The molecule has 4 rings (SSSR count). The molecule has 0 spiro atoms. The number of hydrogen-bond acceptors (Lipinski definition) is 5. The second-order valence-corrected chi connectivity index (χ2v) is 7.26. The van der Waals surface area contributed by atoms with Crippen molar-refractivity contribution < 1.29 is 4.79 Å². The van der Waals surface area contributed by atoms with Gasteiger partial charge in [0.1, 0.15) is 4.88 Å². The third kappa shape index (κ3) is 3.82. The Kier molecular flexibility index (Phi) is 5.21. The quantitative estimate of drug-likeness (QED) is 0.471. The lowest BCUT2D eigenvalue weighted by atomic mass is 10.1. The average Bonchev–Trinajstić information content (AvgIpc) is 3.21. The maximum absolute atomic E-state index is 12.7. The number of fused-ring (bicyclic) bond motifs is 1. The van der Waals surface area contributed by atoms with E-state index in [1.54, 1.807) is 5.01 Å². The van der Waals surface area contributed by atoms with Crippen molar-refractivity contribution in [1.29, 1.82) is 0 Å². The van der Waals surface area contributed by atoms with Crippen molar-refractivity contribution in [2.45, 2.75) is 6.54 Å². The zero-order valence-electron chi connectivity index (χ0n) is 15.4. The lowest BCUT2D eigenvalue weighted by molar-refractivity contribution is 0.0956. The summed E-state index contributed by atoms with van der Waals surface area (Å²) in [5, 5.41) is 8.16. The van der Waals surface area contributed by atoms with Gasteiger partial charge in [0.15, 0.2) is 0 Å². The largest absolute Gasteiger partial charge is 0.380 e. The van der Waals surface area contributed by atoms with E-state index in [0.717, 1.165) is 27.8 Å². The maximum atomic E-state index is 12.7. The van der Waals surface area contributed by atoms with E-state index in [0.29, 0.717) is 11.4 Å². The molecular weight excluding hydrogens is 368 g/mol. The maximum Gasteiger partial charge on any atom is 0.281 e. The molecule has 4 aromatic rings. The van der Waals surface area contributed by atoms with Crippen LogP contribution >= 0.6 is 11.3 Å². The number of nitrogens with one attached hydrogen (secondary N) is 2. The van der Waals surface area contributed by atoms with E-state index in [9.17, 15) is 4.79 Å². The summed E-state index contributed by atoms with van der Waals surface area (Å²) in [7, 11) is 1.83. The minimum Gasteiger partial charge on any atom is -0.380 e. The van der Waals surface area contributed by atoms with Crippen LogP contribution in [0.1, 0.15) is 15.2 Å². The number of rotatable bonds is 6. The smallest absolute Gasteiger partial charge is 0.281 e. The molecule has 2 N–H and O–H groups in total. The number of nitrogens with zero attached hydrogens (tertiary/aromatic N) is 2. The molecule has 6 heteroatoms. The van der Waals surface area contributed by atoms with Crippen LogP contribution in [0.4, 0.5) is 11.4 Å². The molecule has 0 aliphatic rings. The number of carbonyl (C=O) groups is 1. The molecule has 28 heavy (non-hydrogen) atoms. The van der Waals surface area contributed by atoms with Gasteiger partial charge in [-0.15, -0.1) is 11.3 Å². The number of anilines is 2. The Morgan fingerprint density at radius 3 is 2.68 bits per heavy atom. The predicted octanol–water partition coefficient (Wildman–Crippen LogP) is 4.69. The molecular formula is C22H20N4OS. The third-order valence-corrected chi connectivity index (χ3v) is 5.41. The summed E-state index contributed by atoms with van der Waals surface area (Å²) >= 11 is 1.42. The fraction of sp³-hybridized carbons (Fsp3) is 0.0909. The first kappa shape index (κ1) is 18.0. The summed E-state index contributed by atoms with van der Waals surface area (Å²) in [6, 6.07) is 21.7. The van der Waals surface area contributed by atoms with Crippen LogP contribution in [0.5, 0.6) is 0 Å². The molecule has 0 atom stereocenters. The van der Waals surface area contributed by atoms with Gasteiger partial charge < -0.3 is 5.32 Å². The van der Waals surface area contributed by atoms with Gasteiger partial charge in [-0.2, -0.15) is 0 Å². The molecule has 0 unspecified atom stereocenters. The van der Waals surface area contributed by atoms with Gasteiger partial charge in [-0.05, 0) is 41.3 Å². The first-order valence-electron chi connectivity index (χ1n) is 8.96. The number of hydrazine groups is 1. The molecule has 0 saturated carbocycles. The van der Waals surface area contributed by atoms with Gasteiger partial charge in [0.2, 0.25) is 0 Å². The fourth-order valence-corrected chi connectivity index (χ4v) is 3.80. The van der Waals surface area contributed by atoms with E-state index in [4.69, 9.17) is 0 Å². The van der Waals surface area contributed by atoms with Crippen LogP contribution in [-0.4, -0.2) is 17.9 Å². The SMILES string of the molecule is CN(NC(=O)c1sccc1NCc1ccnc2ccccc12)c1ccccc1. The number of pyridine rings is 1. The molecule has 2 aromatic carbocycles. The number of thiophene rings is 1. The van der Waals surface area contributed by atoms with Crippen LogP contribution in [-0.2, 0) is 6.54 Å². The van der Waals surface area contributed by atoms with Gasteiger partial charge >= 0.3 is 0 Å². The Hall–Kier alpha value is -3.38. The normalized spacial score (nSPS) is 10.6. The Balaban J connectivity index is 1.47. The monoisotopic (exact) mass is 388 g/mol. The van der Waals surface area contributed by atoms with Crippen molar-refractivity contribution in [3.63, 3.8) is 0 Å². The molecule has 0 radical (unpaired) electrons. The molecule has 5 nitrogen and oxygen atoms in total. The standard InChI is InChI=1S/C22H20N4OS/c1-26(17-7-3-2-4-8-17)25-22(27)21-20(12-14-28-21)24-15-16-11-13-23-19-10-6-5-9-18(16)19/h2-14,24H,15H2,1H3,(H,25,27). The van der Waals surface area contributed by atoms with Gasteiger partial charge in [0.25, 0.3) is 5.91 Å². The van der Waals surface area contributed by atoms with Crippen LogP contribution in [0, 0.1) is 0 Å². The summed E-state index contributed by atoms with van der Waals surface area (Å²) in [6.07, 6.45) is 1.81. The molecule has 0 aliphatic heterocycles. The Bertz CT molecular complexity index is 1090. The highest BCUT2D eigenvalue weighted by Crippen LogP contribution is 2.24. The van der Waals surface area contributed by atoms with Gasteiger partial charge in [0.05, 0.1) is 16.9 Å². The van der Waals surface area contributed by atoms with E-state index in [1.807, 2.05) is 79.3 Å². The fourth-order valence-electron chi connectivity index (χ4n) is 3.04. The lowest BCUT2D eigenvalue weighted by Gasteiger charge is -2.20. The second kappa shape index (κ2) is 8.10. The number of benzene rings is 2. The van der Waals surface area contributed by atoms with Gasteiger partial charge in [-0.1, -0.05) is 36.4 Å². The predicted molar refractivity (Wildman–Crippen MR) is 116 cm³/mol.